The molecule has 1 aromatic carbocycles. The molecule has 2 N–H and O–H groups in total. The summed E-state index contributed by atoms with van der Waals surface area (Å²) >= 11 is 0. The Balaban J connectivity index is 2.62. The first-order valence-corrected chi connectivity index (χ1v) is 6.23. The van der Waals surface area contributed by atoms with Gasteiger partial charge in [-0.3, -0.25) is 9.59 Å². The van der Waals surface area contributed by atoms with Gasteiger partial charge in [0, 0.05) is 6.54 Å². The van der Waals surface area contributed by atoms with E-state index in [4.69, 9.17) is 9.84 Å². The Morgan fingerprint density at radius 3 is 2.53 bits per heavy atom. The predicted molar refractivity (Wildman–Crippen MR) is 70.7 cm³/mol. The molecule has 0 saturated heterocycles. The van der Waals surface area contributed by atoms with Crippen LogP contribution in [-0.4, -0.2) is 29.7 Å². The zero-order chi connectivity index (χ0) is 14.3. The van der Waals surface area contributed by atoms with Crippen molar-refractivity contribution in [3.05, 3.63) is 35.4 Å². The Morgan fingerprint density at radius 2 is 1.95 bits per heavy atom. The first-order valence-electron chi connectivity index (χ1n) is 6.23. The van der Waals surface area contributed by atoms with Crippen molar-refractivity contribution in [3.8, 4) is 0 Å². The van der Waals surface area contributed by atoms with Gasteiger partial charge in [-0.25, -0.2) is 0 Å². The number of rotatable bonds is 7. The lowest BCUT2D eigenvalue weighted by Gasteiger charge is -2.14. The average molecular weight is 265 g/mol. The van der Waals surface area contributed by atoms with Crippen LogP contribution in [0.4, 0.5) is 0 Å². The van der Waals surface area contributed by atoms with Crippen LogP contribution in [0.2, 0.25) is 0 Å². The second-order valence-electron chi connectivity index (χ2n) is 4.19. The first kappa shape index (κ1) is 15.2. The number of esters is 1. The summed E-state index contributed by atoms with van der Waals surface area (Å²) in [6, 6.07) is 6.86. The Labute approximate surface area is 112 Å². The largest absolute Gasteiger partial charge is 0.481 e. The summed E-state index contributed by atoms with van der Waals surface area (Å²) in [4.78, 5) is 22.2. The molecule has 0 amide bonds. The van der Waals surface area contributed by atoms with Gasteiger partial charge in [-0.2, -0.15) is 0 Å². The summed E-state index contributed by atoms with van der Waals surface area (Å²) in [5.41, 5.74) is 1.62. The molecule has 0 bridgehead atoms. The highest BCUT2D eigenvalue weighted by atomic mass is 16.5. The van der Waals surface area contributed by atoms with E-state index < -0.39 is 12.0 Å². The Kier molecular flexibility index (Phi) is 6.02. The molecular formula is C14H19NO4. The molecular weight excluding hydrogens is 246 g/mol. The monoisotopic (exact) mass is 265 g/mol. The zero-order valence-corrected chi connectivity index (χ0v) is 11.2. The zero-order valence-electron chi connectivity index (χ0n) is 11.2. The summed E-state index contributed by atoms with van der Waals surface area (Å²) in [7, 11) is 0. The molecule has 19 heavy (non-hydrogen) atoms. The third kappa shape index (κ3) is 5.09. The van der Waals surface area contributed by atoms with E-state index in [1.54, 1.807) is 26.0 Å². The molecule has 1 atom stereocenters. The highest BCUT2D eigenvalue weighted by molar-refractivity contribution is 5.75. The molecule has 0 spiro atoms. The summed E-state index contributed by atoms with van der Waals surface area (Å²) in [5.74, 6) is -1.18. The highest BCUT2D eigenvalue weighted by Crippen LogP contribution is 2.10. The van der Waals surface area contributed by atoms with Crippen molar-refractivity contribution in [2.45, 2.75) is 32.9 Å². The van der Waals surface area contributed by atoms with E-state index in [2.05, 4.69) is 5.32 Å². The minimum atomic E-state index is -0.870. The van der Waals surface area contributed by atoms with Crippen LogP contribution in [0.3, 0.4) is 0 Å². The van der Waals surface area contributed by atoms with E-state index in [1.165, 1.54) is 0 Å². The fourth-order valence-electron chi connectivity index (χ4n) is 1.68. The maximum absolute atomic E-state index is 11.4. The number of benzene rings is 1. The fraction of sp³-hybridized carbons (Fsp3) is 0.429. The standard InChI is InChI=1S/C14H19NO4/c1-3-19-14(18)10(2)15-9-12-7-5-4-6-11(12)8-13(16)17/h4-7,10,15H,3,8-9H2,1-2H3,(H,16,17). The summed E-state index contributed by atoms with van der Waals surface area (Å²) < 4.78 is 4.89. The van der Waals surface area contributed by atoms with Crippen LogP contribution in [0.1, 0.15) is 25.0 Å². The van der Waals surface area contributed by atoms with Crippen molar-refractivity contribution in [2.75, 3.05) is 6.61 Å². The number of ether oxygens (including phenoxy) is 1. The number of carboxylic acid groups (broad SMARTS) is 1. The minimum Gasteiger partial charge on any atom is -0.481 e. The fourth-order valence-corrected chi connectivity index (χ4v) is 1.68. The normalized spacial score (nSPS) is 11.9. The van der Waals surface area contributed by atoms with Crippen LogP contribution in [0, 0.1) is 0 Å². The van der Waals surface area contributed by atoms with Crippen molar-refractivity contribution in [1.29, 1.82) is 0 Å². The molecule has 1 aromatic rings. The number of hydrogen-bond donors (Lipinski definition) is 2. The molecule has 104 valence electrons. The van der Waals surface area contributed by atoms with Crippen LogP contribution in [0.25, 0.3) is 0 Å². The van der Waals surface area contributed by atoms with Gasteiger partial charge in [0.05, 0.1) is 13.0 Å². The Hall–Kier alpha value is -1.88. The van der Waals surface area contributed by atoms with Gasteiger partial charge in [0.1, 0.15) is 6.04 Å². The van der Waals surface area contributed by atoms with E-state index in [0.29, 0.717) is 13.2 Å². The van der Waals surface area contributed by atoms with E-state index >= 15 is 0 Å². The van der Waals surface area contributed by atoms with Crippen LogP contribution in [0.15, 0.2) is 24.3 Å². The molecule has 0 radical (unpaired) electrons. The number of carboxylic acids is 1. The van der Waals surface area contributed by atoms with Crippen LogP contribution >= 0.6 is 0 Å². The highest BCUT2D eigenvalue weighted by Gasteiger charge is 2.14. The van der Waals surface area contributed by atoms with Gasteiger partial charge >= 0.3 is 11.9 Å². The Bertz CT molecular complexity index is 445. The van der Waals surface area contributed by atoms with Crippen LogP contribution in [-0.2, 0) is 27.3 Å². The lowest BCUT2D eigenvalue weighted by Crippen LogP contribution is -2.35. The number of aliphatic carboxylic acids is 1. The summed E-state index contributed by atoms with van der Waals surface area (Å²) in [5, 5.41) is 11.9. The van der Waals surface area contributed by atoms with Crippen LogP contribution < -0.4 is 5.32 Å². The van der Waals surface area contributed by atoms with E-state index in [0.717, 1.165) is 11.1 Å². The van der Waals surface area contributed by atoms with Gasteiger partial charge in [0.15, 0.2) is 0 Å². The number of carbonyl (C=O) groups is 2. The molecule has 1 unspecified atom stereocenters. The molecule has 0 aromatic heterocycles. The van der Waals surface area contributed by atoms with Crippen molar-refractivity contribution in [1.82, 2.24) is 5.32 Å². The molecule has 0 heterocycles. The smallest absolute Gasteiger partial charge is 0.322 e. The van der Waals surface area contributed by atoms with Crippen molar-refractivity contribution in [2.24, 2.45) is 0 Å². The molecule has 0 aliphatic heterocycles. The molecule has 0 saturated carbocycles. The first-order chi connectivity index (χ1) is 9.04. The van der Waals surface area contributed by atoms with E-state index in [9.17, 15) is 9.59 Å². The van der Waals surface area contributed by atoms with Gasteiger partial charge in [0.2, 0.25) is 0 Å². The topological polar surface area (TPSA) is 75.6 Å². The van der Waals surface area contributed by atoms with E-state index in [-0.39, 0.29) is 12.4 Å². The lowest BCUT2D eigenvalue weighted by molar-refractivity contribution is -0.145. The predicted octanol–water partition coefficient (Wildman–Crippen LogP) is 1.35. The molecule has 5 heteroatoms. The van der Waals surface area contributed by atoms with Gasteiger partial charge in [-0.15, -0.1) is 0 Å². The van der Waals surface area contributed by atoms with Gasteiger partial charge in [0.25, 0.3) is 0 Å². The summed E-state index contributed by atoms with van der Waals surface area (Å²) in [6.07, 6.45) is -0.0222. The van der Waals surface area contributed by atoms with Gasteiger partial charge < -0.3 is 15.2 Å². The van der Waals surface area contributed by atoms with Gasteiger partial charge in [-0.1, -0.05) is 24.3 Å². The van der Waals surface area contributed by atoms with Crippen LogP contribution in [0.5, 0.6) is 0 Å². The van der Waals surface area contributed by atoms with Crippen molar-refractivity contribution in [3.63, 3.8) is 0 Å². The quantitative estimate of drug-likeness (QED) is 0.728. The maximum Gasteiger partial charge on any atom is 0.322 e. The Morgan fingerprint density at radius 1 is 1.32 bits per heavy atom. The third-order valence-electron chi connectivity index (χ3n) is 2.70. The summed E-state index contributed by atoms with van der Waals surface area (Å²) in [6.45, 7) is 4.26. The maximum atomic E-state index is 11.4. The number of nitrogens with one attached hydrogen (secondary N) is 1. The number of carbonyl (C=O) groups excluding carboxylic acids is 1. The second-order valence-corrected chi connectivity index (χ2v) is 4.19. The molecule has 0 fully saturated rings. The molecule has 0 aliphatic carbocycles. The SMILES string of the molecule is CCOC(=O)C(C)NCc1ccccc1CC(=O)O. The molecule has 0 aliphatic rings. The molecule has 1 rings (SSSR count). The number of hydrogen-bond acceptors (Lipinski definition) is 4. The lowest BCUT2D eigenvalue weighted by atomic mass is 10.0. The molecule has 5 nitrogen and oxygen atoms in total. The minimum absolute atomic E-state index is 0.0222. The van der Waals surface area contributed by atoms with E-state index in [1.807, 2.05) is 12.1 Å². The van der Waals surface area contributed by atoms with Crippen molar-refractivity contribution < 1.29 is 19.4 Å². The second kappa shape index (κ2) is 7.53. The third-order valence-corrected chi connectivity index (χ3v) is 2.70. The van der Waals surface area contributed by atoms with Gasteiger partial charge in [-0.05, 0) is 25.0 Å². The average Bonchev–Trinajstić information content (AvgIpc) is 2.37. The van der Waals surface area contributed by atoms with Crippen molar-refractivity contribution >= 4 is 11.9 Å².